The second kappa shape index (κ2) is 4.19. The topological polar surface area (TPSA) is 35.2 Å². The quantitative estimate of drug-likeness (QED) is 0.759. The van der Waals surface area contributed by atoms with E-state index in [0.717, 1.165) is 12.0 Å². The summed E-state index contributed by atoms with van der Waals surface area (Å²) >= 11 is 0. The van der Waals surface area contributed by atoms with E-state index in [1.165, 1.54) is 0 Å². The van der Waals surface area contributed by atoms with Crippen LogP contribution in [0.4, 0.5) is 10.1 Å². The van der Waals surface area contributed by atoms with Crippen molar-refractivity contribution in [2.75, 3.05) is 18.9 Å². The van der Waals surface area contributed by atoms with E-state index in [-0.39, 0.29) is 6.61 Å². The summed E-state index contributed by atoms with van der Waals surface area (Å²) in [5, 5.41) is 0. The van der Waals surface area contributed by atoms with Crippen LogP contribution in [0, 0.1) is 0 Å². The minimum Gasteiger partial charge on any atom is -0.399 e. The largest absolute Gasteiger partial charge is 0.399 e. The van der Waals surface area contributed by atoms with Crippen LogP contribution in [-0.4, -0.2) is 18.9 Å². The van der Waals surface area contributed by atoms with E-state index in [9.17, 15) is 4.39 Å². The molecule has 1 aromatic rings. The van der Waals surface area contributed by atoms with Crippen molar-refractivity contribution in [3.05, 3.63) is 29.8 Å². The van der Waals surface area contributed by atoms with Gasteiger partial charge in [0.05, 0.1) is 6.61 Å². The number of para-hydroxylation sites is 1. The summed E-state index contributed by atoms with van der Waals surface area (Å²) < 4.78 is 19.4. The first kappa shape index (κ1) is 10.4. The molecular weight excluding hydrogens is 193 g/mol. The summed E-state index contributed by atoms with van der Waals surface area (Å²) in [7, 11) is 0. The molecule has 1 fully saturated rings. The van der Waals surface area contributed by atoms with Gasteiger partial charge in [-0.2, -0.15) is 0 Å². The molecule has 1 unspecified atom stereocenters. The number of anilines is 1. The van der Waals surface area contributed by atoms with Crippen molar-refractivity contribution >= 4 is 5.69 Å². The zero-order chi connectivity index (χ0) is 10.7. The SMILES string of the molecule is Nc1ccccc1CC1(F)CCCOC1. The van der Waals surface area contributed by atoms with Crippen LogP contribution in [0.15, 0.2) is 24.3 Å². The Balaban J connectivity index is 2.10. The third-order valence-corrected chi connectivity index (χ3v) is 2.84. The van der Waals surface area contributed by atoms with Gasteiger partial charge in [-0.25, -0.2) is 4.39 Å². The van der Waals surface area contributed by atoms with Crippen LogP contribution in [0.25, 0.3) is 0 Å². The van der Waals surface area contributed by atoms with E-state index in [1.807, 2.05) is 24.3 Å². The summed E-state index contributed by atoms with van der Waals surface area (Å²) in [6.07, 6.45) is 1.73. The highest BCUT2D eigenvalue weighted by atomic mass is 19.1. The van der Waals surface area contributed by atoms with Gasteiger partial charge in [-0.05, 0) is 24.5 Å². The highest BCUT2D eigenvalue weighted by Gasteiger charge is 2.33. The fourth-order valence-corrected chi connectivity index (χ4v) is 1.99. The van der Waals surface area contributed by atoms with Crippen LogP contribution in [0.3, 0.4) is 0 Å². The van der Waals surface area contributed by atoms with E-state index in [2.05, 4.69) is 0 Å². The fraction of sp³-hybridized carbons (Fsp3) is 0.500. The number of alkyl halides is 1. The smallest absolute Gasteiger partial charge is 0.138 e. The first-order valence-electron chi connectivity index (χ1n) is 5.30. The third-order valence-electron chi connectivity index (χ3n) is 2.84. The molecule has 2 rings (SSSR count). The highest BCUT2D eigenvalue weighted by molar-refractivity contribution is 5.47. The number of nitrogen functional groups attached to an aromatic ring is 1. The van der Waals surface area contributed by atoms with Crippen LogP contribution in [0.5, 0.6) is 0 Å². The molecule has 1 heterocycles. The lowest BCUT2D eigenvalue weighted by molar-refractivity contribution is -0.0307. The van der Waals surface area contributed by atoms with Crippen molar-refractivity contribution in [1.82, 2.24) is 0 Å². The fourth-order valence-electron chi connectivity index (χ4n) is 1.99. The minimum absolute atomic E-state index is 0.196. The normalized spacial score (nSPS) is 26.5. The summed E-state index contributed by atoms with van der Waals surface area (Å²) in [5.41, 5.74) is 6.11. The van der Waals surface area contributed by atoms with Gasteiger partial charge in [0.15, 0.2) is 0 Å². The lowest BCUT2D eigenvalue weighted by atomic mass is 9.90. The Hall–Kier alpha value is -1.09. The van der Waals surface area contributed by atoms with Gasteiger partial charge in [-0.1, -0.05) is 18.2 Å². The molecule has 0 amide bonds. The number of hydrogen-bond acceptors (Lipinski definition) is 2. The van der Waals surface area contributed by atoms with Gasteiger partial charge >= 0.3 is 0 Å². The first-order valence-corrected chi connectivity index (χ1v) is 5.30. The van der Waals surface area contributed by atoms with E-state index >= 15 is 0 Å². The standard InChI is InChI=1S/C12H16FNO/c13-12(6-3-7-15-9-12)8-10-4-1-2-5-11(10)14/h1-2,4-5H,3,6-9,14H2. The van der Waals surface area contributed by atoms with Gasteiger partial charge in [0, 0.05) is 18.7 Å². The highest BCUT2D eigenvalue weighted by Crippen LogP contribution is 2.29. The van der Waals surface area contributed by atoms with Gasteiger partial charge in [-0.15, -0.1) is 0 Å². The monoisotopic (exact) mass is 209 g/mol. The van der Waals surface area contributed by atoms with Crippen molar-refractivity contribution in [2.45, 2.75) is 24.9 Å². The summed E-state index contributed by atoms with van der Waals surface area (Å²) in [6.45, 7) is 0.872. The molecule has 2 nitrogen and oxygen atoms in total. The van der Waals surface area contributed by atoms with Crippen molar-refractivity contribution in [3.8, 4) is 0 Å². The van der Waals surface area contributed by atoms with Crippen LogP contribution in [0.2, 0.25) is 0 Å². The molecule has 1 aliphatic rings. The molecule has 2 N–H and O–H groups in total. The Morgan fingerprint density at radius 1 is 1.40 bits per heavy atom. The second-order valence-corrected chi connectivity index (χ2v) is 4.18. The first-order chi connectivity index (χ1) is 7.20. The minimum atomic E-state index is -1.23. The van der Waals surface area contributed by atoms with Gasteiger partial charge in [-0.3, -0.25) is 0 Å². The zero-order valence-corrected chi connectivity index (χ0v) is 8.71. The average molecular weight is 209 g/mol. The number of benzene rings is 1. The molecule has 3 heteroatoms. The maximum absolute atomic E-state index is 14.3. The molecule has 1 aromatic carbocycles. The maximum atomic E-state index is 14.3. The van der Waals surface area contributed by atoms with Crippen molar-refractivity contribution in [3.63, 3.8) is 0 Å². The zero-order valence-electron chi connectivity index (χ0n) is 8.71. The van der Waals surface area contributed by atoms with Crippen LogP contribution < -0.4 is 5.73 Å². The second-order valence-electron chi connectivity index (χ2n) is 4.18. The number of nitrogens with two attached hydrogens (primary N) is 1. The van der Waals surface area contributed by atoms with E-state index in [0.29, 0.717) is 25.1 Å². The average Bonchev–Trinajstić information content (AvgIpc) is 2.22. The summed E-state index contributed by atoms with van der Waals surface area (Å²) in [5.74, 6) is 0. The maximum Gasteiger partial charge on any atom is 0.138 e. The Labute approximate surface area is 89.2 Å². The van der Waals surface area contributed by atoms with Crippen LogP contribution >= 0.6 is 0 Å². The molecule has 0 radical (unpaired) electrons. The van der Waals surface area contributed by atoms with Crippen LogP contribution in [0.1, 0.15) is 18.4 Å². The van der Waals surface area contributed by atoms with Gasteiger partial charge < -0.3 is 10.5 Å². The third kappa shape index (κ3) is 2.48. The molecule has 0 bridgehead atoms. The van der Waals surface area contributed by atoms with Crippen molar-refractivity contribution in [1.29, 1.82) is 0 Å². The molecule has 82 valence electrons. The van der Waals surface area contributed by atoms with Gasteiger partial charge in [0.25, 0.3) is 0 Å². The Bertz CT molecular complexity index is 334. The molecule has 1 aliphatic heterocycles. The Morgan fingerprint density at radius 2 is 2.20 bits per heavy atom. The Kier molecular flexibility index (Phi) is 2.91. The van der Waals surface area contributed by atoms with Crippen molar-refractivity contribution in [2.24, 2.45) is 0 Å². The Morgan fingerprint density at radius 3 is 2.87 bits per heavy atom. The summed E-state index contributed by atoms with van der Waals surface area (Å²) in [4.78, 5) is 0. The predicted molar refractivity (Wildman–Crippen MR) is 58.5 cm³/mol. The number of hydrogen-bond donors (Lipinski definition) is 1. The molecule has 0 saturated carbocycles. The molecular formula is C12H16FNO. The van der Waals surface area contributed by atoms with E-state index in [1.54, 1.807) is 0 Å². The predicted octanol–water partition coefficient (Wildman–Crippen LogP) is 2.33. The van der Waals surface area contributed by atoms with Gasteiger partial charge in [0.1, 0.15) is 5.67 Å². The number of rotatable bonds is 2. The van der Waals surface area contributed by atoms with E-state index < -0.39 is 5.67 Å². The molecule has 0 aliphatic carbocycles. The lowest BCUT2D eigenvalue weighted by Crippen LogP contribution is -2.36. The molecule has 1 saturated heterocycles. The van der Waals surface area contributed by atoms with Gasteiger partial charge in [0.2, 0.25) is 0 Å². The van der Waals surface area contributed by atoms with Crippen molar-refractivity contribution < 1.29 is 9.13 Å². The van der Waals surface area contributed by atoms with E-state index in [4.69, 9.17) is 10.5 Å². The van der Waals surface area contributed by atoms with Crippen LogP contribution in [-0.2, 0) is 11.2 Å². The molecule has 15 heavy (non-hydrogen) atoms. The molecule has 0 aromatic heterocycles. The molecule has 0 spiro atoms. The number of halogens is 1. The number of ether oxygens (including phenoxy) is 1. The molecule has 1 atom stereocenters. The lowest BCUT2D eigenvalue weighted by Gasteiger charge is -2.29. The summed E-state index contributed by atoms with van der Waals surface area (Å²) in [6, 6.07) is 7.44.